The van der Waals surface area contributed by atoms with Crippen molar-refractivity contribution < 1.29 is 4.39 Å². The molecule has 8 heteroatoms. The molecule has 2 atom stereocenters. The van der Waals surface area contributed by atoms with Crippen LogP contribution in [0, 0.1) is 12.7 Å². The van der Waals surface area contributed by atoms with E-state index in [4.69, 9.17) is 0 Å². The van der Waals surface area contributed by atoms with Gasteiger partial charge in [-0.05, 0) is 45.4 Å². The number of fused-ring (bicyclic) bond motifs is 2. The number of aryl methyl sites for hydroxylation is 1. The van der Waals surface area contributed by atoms with Crippen molar-refractivity contribution in [1.82, 2.24) is 24.3 Å². The normalized spacial score (nSPS) is 20.2. The minimum atomic E-state index is -0.378. The van der Waals surface area contributed by atoms with E-state index in [9.17, 15) is 9.18 Å². The van der Waals surface area contributed by atoms with Crippen LogP contribution in [0.5, 0.6) is 0 Å². The van der Waals surface area contributed by atoms with Gasteiger partial charge < -0.3 is 9.72 Å². The standard InChI is InChI=1S/C20H20FN5OS/c1-11-5-14(3-4-22-11)26-10-23-16-7-17(28-18(16)20(26)27)13-6-15(21)19-24-12(2)8-25(19)9-13/h6-11,14,22H,3-5H2,1-2H3/t11-,14+/m1/s1. The van der Waals surface area contributed by atoms with Gasteiger partial charge in [-0.3, -0.25) is 9.36 Å². The number of thiophene rings is 1. The molecule has 0 radical (unpaired) electrons. The molecule has 0 bridgehead atoms. The number of imidazole rings is 1. The van der Waals surface area contributed by atoms with Gasteiger partial charge in [0.1, 0.15) is 4.70 Å². The Bertz CT molecular complexity index is 1260. The molecule has 28 heavy (non-hydrogen) atoms. The van der Waals surface area contributed by atoms with Crippen LogP contribution in [-0.2, 0) is 0 Å². The molecule has 0 unspecified atom stereocenters. The molecule has 0 amide bonds. The number of aromatic nitrogens is 4. The number of piperidine rings is 1. The van der Waals surface area contributed by atoms with E-state index in [1.165, 1.54) is 17.4 Å². The Morgan fingerprint density at radius 1 is 1.32 bits per heavy atom. The van der Waals surface area contributed by atoms with Crippen LogP contribution in [0.1, 0.15) is 31.5 Å². The van der Waals surface area contributed by atoms with Crippen molar-refractivity contribution in [1.29, 1.82) is 0 Å². The van der Waals surface area contributed by atoms with E-state index < -0.39 is 0 Å². The summed E-state index contributed by atoms with van der Waals surface area (Å²) in [7, 11) is 0. The number of nitrogens with one attached hydrogen (secondary N) is 1. The van der Waals surface area contributed by atoms with Crippen LogP contribution < -0.4 is 10.9 Å². The maximum absolute atomic E-state index is 14.5. The summed E-state index contributed by atoms with van der Waals surface area (Å²) in [6.45, 7) is 4.87. The summed E-state index contributed by atoms with van der Waals surface area (Å²) >= 11 is 1.37. The summed E-state index contributed by atoms with van der Waals surface area (Å²) in [4.78, 5) is 22.6. The summed E-state index contributed by atoms with van der Waals surface area (Å²) in [6, 6.07) is 3.88. The van der Waals surface area contributed by atoms with Crippen molar-refractivity contribution >= 4 is 27.2 Å². The largest absolute Gasteiger partial charge is 0.314 e. The summed E-state index contributed by atoms with van der Waals surface area (Å²) < 4.78 is 18.5. The van der Waals surface area contributed by atoms with Crippen molar-refractivity contribution in [3.8, 4) is 10.4 Å². The molecule has 4 aromatic rings. The molecule has 1 saturated heterocycles. The van der Waals surface area contributed by atoms with E-state index in [-0.39, 0.29) is 17.4 Å². The Labute approximate surface area is 164 Å². The van der Waals surface area contributed by atoms with E-state index in [2.05, 4.69) is 22.2 Å². The molecule has 6 nitrogen and oxygen atoms in total. The second-order valence-corrected chi connectivity index (χ2v) is 8.56. The third-order valence-corrected chi connectivity index (χ3v) is 6.52. The molecule has 1 N–H and O–H groups in total. The minimum absolute atomic E-state index is 0.0135. The van der Waals surface area contributed by atoms with Crippen molar-refractivity contribution in [2.24, 2.45) is 0 Å². The highest BCUT2D eigenvalue weighted by Gasteiger charge is 2.22. The Kier molecular flexibility index (Phi) is 4.06. The average Bonchev–Trinajstić information content (AvgIpc) is 3.25. The topological polar surface area (TPSA) is 64.2 Å². The van der Waals surface area contributed by atoms with Crippen LogP contribution in [0.3, 0.4) is 0 Å². The van der Waals surface area contributed by atoms with Crippen LogP contribution in [0.15, 0.2) is 35.6 Å². The van der Waals surface area contributed by atoms with E-state index in [0.717, 1.165) is 30.0 Å². The van der Waals surface area contributed by atoms with Gasteiger partial charge in [0.25, 0.3) is 5.56 Å². The van der Waals surface area contributed by atoms with Gasteiger partial charge in [0, 0.05) is 34.9 Å². The predicted molar refractivity (Wildman–Crippen MR) is 108 cm³/mol. The number of rotatable bonds is 2. The smallest absolute Gasteiger partial charge is 0.271 e. The Balaban J connectivity index is 1.60. The molecule has 5 heterocycles. The maximum Gasteiger partial charge on any atom is 0.271 e. The molecule has 0 spiro atoms. The van der Waals surface area contributed by atoms with E-state index in [1.807, 2.05) is 19.2 Å². The summed E-state index contributed by atoms with van der Waals surface area (Å²) in [6.07, 6.45) is 7.12. The Hall–Kier alpha value is -2.58. The highest BCUT2D eigenvalue weighted by molar-refractivity contribution is 7.22. The molecular weight excluding hydrogens is 377 g/mol. The van der Waals surface area contributed by atoms with Gasteiger partial charge in [-0.25, -0.2) is 14.4 Å². The summed E-state index contributed by atoms with van der Waals surface area (Å²) in [5, 5.41) is 3.41. The Morgan fingerprint density at radius 2 is 2.18 bits per heavy atom. The van der Waals surface area contributed by atoms with Crippen LogP contribution in [-0.4, -0.2) is 31.5 Å². The third kappa shape index (κ3) is 2.84. The first-order chi connectivity index (χ1) is 13.5. The van der Waals surface area contributed by atoms with Crippen LogP contribution >= 0.6 is 11.3 Å². The summed E-state index contributed by atoms with van der Waals surface area (Å²) in [5.74, 6) is -0.378. The average molecular weight is 397 g/mol. The fourth-order valence-electron chi connectivity index (χ4n) is 4.00. The van der Waals surface area contributed by atoms with Crippen LogP contribution in [0.4, 0.5) is 4.39 Å². The SMILES string of the molecule is Cc1cn2cc(-c3cc4ncn([C@H]5CCN[C@H](C)C5)c(=O)c4s3)cc(F)c2n1. The van der Waals surface area contributed by atoms with Crippen molar-refractivity contribution in [3.63, 3.8) is 0 Å². The van der Waals surface area contributed by atoms with Gasteiger partial charge >= 0.3 is 0 Å². The minimum Gasteiger partial charge on any atom is -0.314 e. The zero-order valence-corrected chi connectivity index (χ0v) is 16.5. The first-order valence-corrected chi connectivity index (χ1v) is 10.2. The lowest BCUT2D eigenvalue weighted by Crippen LogP contribution is -2.39. The first kappa shape index (κ1) is 17.5. The van der Waals surface area contributed by atoms with E-state index in [0.29, 0.717) is 27.5 Å². The first-order valence-electron chi connectivity index (χ1n) is 9.39. The van der Waals surface area contributed by atoms with Gasteiger partial charge in [-0.15, -0.1) is 11.3 Å². The lowest BCUT2D eigenvalue weighted by Gasteiger charge is -2.29. The number of nitrogens with zero attached hydrogens (tertiary/aromatic N) is 4. The molecule has 1 aliphatic heterocycles. The quantitative estimate of drug-likeness (QED) is 0.562. The number of hydrogen-bond acceptors (Lipinski definition) is 5. The lowest BCUT2D eigenvalue weighted by atomic mass is 10.0. The van der Waals surface area contributed by atoms with Crippen molar-refractivity contribution in [2.45, 2.75) is 38.8 Å². The van der Waals surface area contributed by atoms with Crippen molar-refractivity contribution in [3.05, 3.63) is 52.7 Å². The lowest BCUT2D eigenvalue weighted by molar-refractivity contribution is 0.307. The zero-order valence-electron chi connectivity index (χ0n) is 15.6. The monoisotopic (exact) mass is 397 g/mol. The number of hydrogen-bond donors (Lipinski definition) is 1. The fraction of sp³-hybridized carbons (Fsp3) is 0.350. The number of pyridine rings is 1. The third-order valence-electron chi connectivity index (χ3n) is 5.36. The second-order valence-electron chi connectivity index (χ2n) is 7.51. The molecule has 1 fully saturated rings. The summed E-state index contributed by atoms with van der Waals surface area (Å²) in [5.41, 5.74) is 2.42. The van der Waals surface area contributed by atoms with Gasteiger partial charge in [-0.2, -0.15) is 0 Å². The molecule has 0 saturated carbocycles. The molecule has 144 valence electrons. The molecule has 1 aliphatic rings. The second kappa shape index (κ2) is 6.49. The molecule has 0 aromatic carbocycles. The molecular formula is C20H20FN5OS. The van der Waals surface area contributed by atoms with Gasteiger partial charge in [0.2, 0.25) is 0 Å². The Morgan fingerprint density at radius 3 is 3.00 bits per heavy atom. The van der Waals surface area contributed by atoms with Crippen molar-refractivity contribution in [2.75, 3.05) is 6.54 Å². The van der Waals surface area contributed by atoms with E-state index in [1.54, 1.807) is 21.5 Å². The fourth-order valence-corrected chi connectivity index (χ4v) is 5.03. The predicted octanol–water partition coefficient (Wildman–Crippen LogP) is 3.53. The molecule has 4 aromatic heterocycles. The molecule has 0 aliphatic carbocycles. The molecule has 5 rings (SSSR count). The van der Waals surface area contributed by atoms with Crippen LogP contribution in [0.2, 0.25) is 0 Å². The number of halogens is 1. The highest BCUT2D eigenvalue weighted by atomic mass is 32.1. The van der Waals surface area contributed by atoms with Gasteiger partial charge in [-0.1, -0.05) is 0 Å². The maximum atomic E-state index is 14.5. The van der Waals surface area contributed by atoms with Crippen LogP contribution in [0.25, 0.3) is 26.3 Å². The van der Waals surface area contributed by atoms with Gasteiger partial charge in [0.05, 0.1) is 17.5 Å². The van der Waals surface area contributed by atoms with E-state index >= 15 is 0 Å². The zero-order chi connectivity index (χ0) is 19.4. The van der Waals surface area contributed by atoms with Gasteiger partial charge in [0.15, 0.2) is 11.5 Å². The highest BCUT2D eigenvalue weighted by Crippen LogP contribution is 2.32.